The van der Waals surface area contributed by atoms with Crippen LogP contribution in [0.2, 0.25) is 0 Å². The highest BCUT2D eigenvalue weighted by Crippen LogP contribution is 2.35. The highest BCUT2D eigenvalue weighted by Gasteiger charge is 2.44. The summed E-state index contributed by atoms with van der Waals surface area (Å²) < 4.78 is 5.05. The molecule has 0 aliphatic carbocycles. The fraction of sp³-hybridized carbons (Fsp3) is 0.550. The average molecular weight is 746 g/mol. The van der Waals surface area contributed by atoms with E-state index < -0.39 is 42.0 Å². The number of hydrogen-bond donors (Lipinski definition) is 3. The Labute approximate surface area is 315 Å². The zero-order valence-corrected chi connectivity index (χ0v) is 31.2. The van der Waals surface area contributed by atoms with E-state index in [0.717, 1.165) is 36.8 Å². The van der Waals surface area contributed by atoms with Crippen molar-refractivity contribution in [1.29, 1.82) is 0 Å². The van der Waals surface area contributed by atoms with Crippen LogP contribution in [0.15, 0.2) is 60.7 Å². The number of methoxy groups -OCH3 is 1. The van der Waals surface area contributed by atoms with Crippen molar-refractivity contribution >= 4 is 47.3 Å². The molecule has 53 heavy (non-hydrogen) atoms. The molecule has 4 saturated heterocycles. The van der Waals surface area contributed by atoms with Crippen LogP contribution in [0.25, 0.3) is 0 Å². The summed E-state index contributed by atoms with van der Waals surface area (Å²) in [6.45, 7) is 0.507. The molecular formula is C40H51N5O7S. The van der Waals surface area contributed by atoms with E-state index in [4.69, 9.17) is 4.74 Å². The lowest BCUT2D eigenvalue weighted by atomic mass is 9.86. The summed E-state index contributed by atoms with van der Waals surface area (Å²) in [4.78, 5) is 84.7. The molecule has 4 aliphatic rings. The number of esters is 1. The molecule has 12 nitrogen and oxygen atoms in total. The van der Waals surface area contributed by atoms with Crippen molar-refractivity contribution in [1.82, 2.24) is 25.8 Å². The number of thioether (sulfide) groups is 1. The first-order valence-electron chi connectivity index (χ1n) is 19.0. The molecule has 3 N–H and O–H groups in total. The molecule has 6 rings (SSSR count). The van der Waals surface area contributed by atoms with Gasteiger partial charge in [0.15, 0.2) is 0 Å². The maximum atomic E-state index is 14.2. The van der Waals surface area contributed by atoms with Crippen LogP contribution in [0, 0.1) is 11.8 Å². The minimum atomic E-state index is -0.886. The topological polar surface area (TPSA) is 154 Å². The molecule has 0 spiro atoms. The Bertz CT molecular complexity index is 1630. The smallest absolute Gasteiger partial charge is 0.328 e. The molecule has 2 aromatic carbocycles. The molecule has 4 aliphatic heterocycles. The van der Waals surface area contributed by atoms with Crippen molar-refractivity contribution in [2.45, 2.75) is 100 Å². The summed E-state index contributed by atoms with van der Waals surface area (Å²) in [5.74, 6) is -2.20. The number of hydrogen-bond acceptors (Lipinski definition) is 8. The second-order valence-electron chi connectivity index (χ2n) is 14.6. The number of fused-ring (bicyclic) bond motifs is 2. The van der Waals surface area contributed by atoms with Crippen LogP contribution in [0.3, 0.4) is 0 Å². The Morgan fingerprint density at radius 3 is 2.04 bits per heavy atom. The SMILES string of the molecule is COC(=O)[C@@H]1CCC[C@@H]2SCC[C@H](NC(=O)[C@H](CC[C@H](Cc3ccccc3)C(=O)NC3CNC(=O)[C@H]4CCCCN4C3=O)Cc3ccccc3)C(=O)N21. The maximum Gasteiger partial charge on any atom is 0.328 e. The lowest BCUT2D eigenvalue weighted by Gasteiger charge is -2.40. The predicted molar refractivity (Wildman–Crippen MR) is 200 cm³/mol. The first-order chi connectivity index (χ1) is 25.7. The van der Waals surface area contributed by atoms with Crippen LogP contribution >= 0.6 is 11.8 Å². The average Bonchev–Trinajstić information content (AvgIpc) is 3.41. The van der Waals surface area contributed by atoms with Gasteiger partial charge in [0.2, 0.25) is 29.5 Å². The molecular weight excluding hydrogens is 695 g/mol. The monoisotopic (exact) mass is 745 g/mol. The van der Waals surface area contributed by atoms with E-state index in [1.807, 2.05) is 60.7 Å². The second kappa shape index (κ2) is 18.1. The van der Waals surface area contributed by atoms with E-state index in [2.05, 4.69) is 16.0 Å². The largest absolute Gasteiger partial charge is 0.467 e. The number of nitrogens with zero attached hydrogens (tertiary/aromatic N) is 2. The first-order valence-corrected chi connectivity index (χ1v) is 20.1. The van der Waals surface area contributed by atoms with Crippen molar-refractivity contribution in [2.24, 2.45) is 11.8 Å². The second-order valence-corrected chi connectivity index (χ2v) is 15.9. The number of carbonyl (C=O) groups is 6. The quantitative estimate of drug-likeness (QED) is 0.281. The summed E-state index contributed by atoms with van der Waals surface area (Å²) in [7, 11) is 1.33. The summed E-state index contributed by atoms with van der Waals surface area (Å²) in [5.41, 5.74) is 1.91. The predicted octanol–water partition coefficient (Wildman–Crippen LogP) is 2.98. The molecule has 2 aromatic rings. The molecule has 4 heterocycles. The lowest BCUT2D eigenvalue weighted by molar-refractivity contribution is -0.156. The summed E-state index contributed by atoms with van der Waals surface area (Å²) >= 11 is 1.64. The van der Waals surface area contributed by atoms with Crippen LogP contribution in [-0.2, 0) is 46.3 Å². The maximum absolute atomic E-state index is 14.2. The highest BCUT2D eigenvalue weighted by molar-refractivity contribution is 7.99. The summed E-state index contributed by atoms with van der Waals surface area (Å²) in [6.07, 6.45) is 6.35. The number of carbonyl (C=O) groups excluding carboxylic acids is 6. The van der Waals surface area contributed by atoms with E-state index in [9.17, 15) is 28.8 Å². The van der Waals surface area contributed by atoms with Crippen molar-refractivity contribution in [3.8, 4) is 0 Å². The summed E-state index contributed by atoms with van der Waals surface area (Å²) in [6, 6.07) is 16.4. The van der Waals surface area contributed by atoms with Gasteiger partial charge in [0.1, 0.15) is 24.2 Å². The Morgan fingerprint density at radius 1 is 0.792 bits per heavy atom. The van der Waals surface area contributed by atoms with Gasteiger partial charge in [-0.3, -0.25) is 24.0 Å². The standard InChI is InChI=1S/C40H51N5O7S/c1-52-40(51)33-16-10-17-34-45(33)39(50)30(20-22-53-34)42-35(46)28(23-26-11-4-2-5-12-26)18-19-29(24-27-13-6-3-7-14-27)36(47)43-31-25-41-37(48)32-15-8-9-21-44(32)38(31)49/h2-7,11-14,28-34H,8-10,15-25H2,1H3,(H,41,48)(H,42,46)(H,43,47)/t28-,29-,30+,31?,32-,33+,34+/m1/s1. The van der Waals surface area contributed by atoms with Crippen molar-refractivity contribution < 1.29 is 33.5 Å². The van der Waals surface area contributed by atoms with Gasteiger partial charge in [-0.05, 0) is 87.5 Å². The molecule has 1 unspecified atom stereocenters. The Hall–Kier alpha value is -4.39. The third kappa shape index (κ3) is 9.41. The van der Waals surface area contributed by atoms with Crippen LogP contribution < -0.4 is 16.0 Å². The molecule has 0 bridgehead atoms. The minimum absolute atomic E-state index is 0.0237. The molecule has 284 valence electrons. The van der Waals surface area contributed by atoms with E-state index in [1.165, 1.54) is 7.11 Å². The number of ether oxygens (including phenoxy) is 1. The number of rotatable bonds is 12. The van der Waals surface area contributed by atoms with Gasteiger partial charge in [0.25, 0.3) is 0 Å². The van der Waals surface area contributed by atoms with Crippen LogP contribution in [-0.4, -0.2) is 101 Å². The highest BCUT2D eigenvalue weighted by atomic mass is 32.2. The zero-order chi connectivity index (χ0) is 37.3. The molecule has 4 fully saturated rings. The molecule has 5 amide bonds. The van der Waals surface area contributed by atoms with Crippen molar-refractivity contribution in [2.75, 3.05) is 26.0 Å². The van der Waals surface area contributed by atoms with Gasteiger partial charge in [0, 0.05) is 24.9 Å². The van der Waals surface area contributed by atoms with Crippen LogP contribution in [0.5, 0.6) is 0 Å². The van der Waals surface area contributed by atoms with Crippen molar-refractivity contribution in [3.63, 3.8) is 0 Å². The number of amides is 5. The van der Waals surface area contributed by atoms with Crippen LogP contribution in [0.4, 0.5) is 0 Å². The van der Waals surface area contributed by atoms with Gasteiger partial charge in [0.05, 0.1) is 12.5 Å². The van der Waals surface area contributed by atoms with Gasteiger partial charge in [-0.2, -0.15) is 0 Å². The lowest BCUT2D eigenvalue weighted by Crippen LogP contribution is -2.57. The zero-order valence-electron chi connectivity index (χ0n) is 30.4. The van der Waals surface area contributed by atoms with Crippen molar-refractivity contribution in [3.05, 3.63) is 71.8 Å². The third-order valence-corrected chi connectivity index (χ3v) is 12.4. The van der Waals surface area contributed by atoms with Gasteiger partial charge >= 0.3 is 5.97 Å². The summed E-state index contributed by atoms with van der Waals surface area (Å²) in [5, 5.41) is 8.75. The Kier molecular flexibility index (Phi) is 13.1. The number of nitrogens with one attached hydrogen (secondary N) is 3. The van der Waals surface area contributed by atoms with E-state index >= 15 is 0 Å². The van der Waals surface area contributed by atoms with E-state index in [0.29, 0.717) is 57.2 Å². The number of benzene rings is 2. The fourth-order valence-electron chi connectivity index (χ4n) is 8.17. The molecule has 7 atom stereocenters. The van der Waals surface area contributed by atoms with Gasteiger partial charge in [-0.25, -0.2) is 4.79 Å². The molecule has 0 radical (unpaired) electrons. The molecule has 0 aromatic heterocycles. The van der Waals surface area contributed by atoms with E-state index in [-0.39, 0.29) is 41.5 Å². The normalized spacial score (nSPS) is 25.8. The van der Waals surface area contributed by atoms with Gasteiger partial charge < -0.3 is 30.5 Å². The minimum Gasteiger partial charge on any atom is -0.467 e. The van der Waals surface area contributed by atoms with Gasteiger partial charge in [-0.15, -0.1) is 11.8 Å². The van der Waals surface area contributed by atoms with Gasteiger partial charge in [-0.1, -0.05) is 60.7 Å². The Balaban J connectivity index is 1.19. The molecule has 13 heteroatoms. The number of piperidine rings is 2. The molecule has 0 saturated carbocycles. The third-order valence-electron chi connectivity index (χ3n) is 11.1. The Morgan fingerprint density at radius 2 is 1.42 bits per heavy atom. The van der Waals surface area contributed by atoms with E-state index in [1.54, 1.807) is 21.6 Å². The first kappa shape index (κ1) is 38.3. The van der Waals surface area contributed by atoms with Crippen LogP contribution in [0.1, 0.15) is 68.9 Å². The fourth-order valence-corrected chi connectivity index (χ4v) is 9.56.